The Balaban J connectivity index is 1.45. The van der Waals surface area contributed by atoms with Crippen LogP contribution < -0.4 is 4.90 Å². The lowest BCUT2D eigenvalue weighted by Gasteiger charge is -2.34. The van der Waals surface area contributed by atoms with E-state index in [1.165, 1.54) is 15.0 Å². The van der Waals surface area contributed by atoms with Gasteiger partial charge in [0.1, 0.15) is 0 Å². The maximum atomic E-state index is 6.55. The van der Waals surface area contributed by atoms with Gasteiger partial charge >= 0.3 is 0 Å². The number of hydrogen-bond acceptors (Lipinski definition) is 5. The highest BCUT2D eigenvalue weighted by Crippen LogP contribution is 2.36. The van der Waals surface area contributed by atoms with E-state index in [2.05, 4.69) is 39.0 Å². The summed E-state index contributed by atoms with van der Waals surface area (Å²) in [6.07, 6.45) is 1.88. The van der Waals surface area contributed by atoms with Gasteiger partial charge in [0.15, 0.2) is 5.13 Å². The Labute approximate surface area is 142 Å². The molecule has 0 atom stereocenters. The van der Waals surface area contributed by atoms with E-state index in [9.17, 15) is 0 Å². The molecule has 0 saturated carbocycles. The fourth-order valence-corrected chi connectivity index (χ4v) is 5.07. The summed E-state index contributed by atoms with van der Waals surface area (Å²) in [4.78, 5) is 10.5. The minimum absolute atomic E-state index is 0.933. The molecule has 2 aromatic heterocycles. The first-order chi connectivity index (χ1) is 10.8. The molecule has 3 nitrogen and oxygen atoms in total. The van der Waals surface area contributed by atoms with Gasteiger partial charge in [-0.3, -0.25) is 4.90 Å². The van der Waals surface area contributed by atoms with Crippen molar-refractivity contribution in [3.63, 3.8) is 0 Å². The Hall–Kier alpha value is -1.14. The van der Waals surface area contributed by atoms with Crippen LogP contribution in [0.25, 0.3) is 10.1 Å². The van der Waals surface area contributed by atoms with Crippen molar-refractivity contribution in [3.8, 4) is 0 Å². The molecule has 0 spiro atoms. The van der Waals surface area contributed by atoms with Gasteiger partial charge in [0.25, 0.3) is 0 Å². The number of benzene rings is 1. The Kier molecular flexibility index (Phi) is 4.05. The van der Waals surface area contributed by atoms with Gasteiger partial charge in [-0.05, 0) is 6.07 Å². The number of thiazole rings is 1. The van der Waals surface area contributed by atoms with Crippen LogP contribution in [0.1, 0.15) is 4.88 Å². The summed E-state index contributed by atoms with van der Waals surface area (Å²) in [5.74, 6) is 0. The standard InChI is InChI=1S/C16H16ClN3S2/c17-15-12-3-1-2-4-13(12)22-14(15)11-19-6-8-20(9-7-19)16-18-5-10-21-16/h1-5,10H,6-9,11H2. The van der Waals surface area contributed by atoms with Crippen LogP contribution >= 0.6 is 34.3 Å². The molecule has 3 heterocycles. The van der Waals surface area contributed by atoms with Crippen LogP contribution in [-0.2, 0) is 6.54 Å². The van der Waals surface area contributed by atoms with Crippen molar-refractivity contribution in [2.24, 2.45) is 0 Å². The van der Waals surface area contributed by atoms with Crippen molar-refractivity contribution < 1.29 is 0 Å². The van der Waals surface area contributed by atoms with Gasteiger partial charge < -0.3 is 4.90 Å². The van der Waals surface area contributed by atoms with Crippen molar-refractivity contribution >= 4 is 49.5 Å². The molecule has 22 heavy (non-hydrogen) atoms. The molecule has 3 aromatic rings. The third-order valence-corrected chi connectivity index (χ3v) is 6.56. The van der Waals surface area contributed by atoms with Crippen molar-refractivity contribution in [3.05, 3.63) is 45.7 Å². The van der Waals surface area contributed by atoms with Gasteiger partial charge in [-0.2, -0.15) is 0 Å². The van der Waals surface area contributed by atoms with Crippen LogP contribution in [-0.4, -0.2) is 36.1 Å². The van der Waals surface area contributed by atoms with Crippen molar-refractivity contribution in [1.29, 1.82) is 0 Å². The van der Waals surface area contributed by atoms with E-state index in [1.807, 2.05) is 22.9 Å². The Morgan fingerprint density at radius 2 is 1.95 bits per heavy atom. The molecule has 114 valence electrons. The lowest BCUT2D eigenvalue weighted by Crippen LogP contribution is -2.45. The molecule has 0 bridgehead atoms. The number of anilines is 1. The Bertz CT molecular complexity index is 761. The van der Waals surface area contributed by atoms with Gasteiger partial charge in [-0.1, -0.05) is 29.8 Å². The zero-order valence-electron chi connectivity index (χ0n) is 12.0. The molecule has 6 heteroatoms. The monoisotopic (exact) mass is 349 g/mol. The molecule has 1 aliphatic rings. The van der Waals surface area contributed by atoms with Crippen molar-refractivity contribution in [1.82, 2.24) is 9.88 Å². The maximum Gasteiger partial charge on any atom is 0.185 e. The van der Waals surface area contributed by atoms with Gasteiger partial charge in [-0.15, -0.1) is 22.7 Å². The second-order valence-corrected chi connectivity index (χ2v) is 7.80. The third-order valence-electron chi connectivity index (χ3n) is 4.03. The normalized spacial score (nSPS) is 16.5. The molecule has 1 fully saturated rings. The highest BCUT2D eigenvalue weighted by atomic mass is 35.5. The zero-order chi connectivity index (χ0) is 14.9. The fourth-order valence-electron chi connectivity index (χ4n) is 2.84. The van der Waals surface area contributed by atoms with Gasteiger partial charge in [0.2, 0.25) is 0 Å². The Morgan fingerprint density at radius 3 is 2.68 bits per heavy atom. The van der Waals surface area contributed by atoms with E-state index in [1.54, 1.807) is 11.3 Å². The fraction of sp³-hybridized carbons (Fsp3) is 0.312. The average Bonchev–Trinajstić information content (AvgIpc) is 3.18. The van der Waals surface area contributed by atoms with Crippen molar-refractivity contribution in [2.75, 3.05) is 31.1 Å². The van der Waals surface area contributed by atoms with Crippen molar-refractivity contribution in [2.45, 2.75) is 6.54 Å². The molecule has 0 radical (unpaired) electrons. The zero-order valence-corrected chi connectivity index (χ0v) is 14.4. The molecule has 0 N–H and O–H groups in total. The SMILES string of the molecule is Clc1c(CN2CCN(c3nccs3)CC2)sc2ccccc12. The number of piperazine rings is 1. The summed E-state index contributed by atoms with van der Waals surface area (Å²) < 4.78 is 1.28. The van der Waals surface area contributed by atoms with E-state index in [0.29, 0.717) is 0 Å². The number of thiophene rings is 1. The minimum Gasteiger partial charge on any atom is -0.346 e. The van der Waals surface area contributed by atoms with E-state index in [0.717, 1.165) is 42.9 Å². The van der Waals surface area contributed by atoms with Crippen LogP contribution in [0.5, 0.6) is 0 Å². The maximum absolute atomic E-state index is 6.55. The average molecular weight is 350 g/mol. The molecule has 0 unspecified atom stereocenters. The van der Waals surface area contributed by atoms with Gasteiger partial charge in [-0.25, -0.2) is 4.98 Å². The predicted molar refractivity (Wildman–Crippen MR) is 96.4 cm³/mol. The first-order valence-corrected chi connectivity index (χ1v) is 9.41. The largest absolute Gasteiger partial charge is 0.346 e. The summed E-state index contributed by atoms with van der Waals surface area (Å²) in [6.45, 7) is 5.14. The molecule has 4 rings (SSSR count). The number of hydrogen-bond donors (Lipinski definition) is 0. The van der Waals surface area contributed by atoms with Gasteiger partial charge in [0.05, 0.1) is 5.02 Å². The molecule has 1 aromatic carbocycles. The predicted octanol–water partition coefficient (Wildman–Crippen LogP) is 4.33. The highest BCUT2D eigenvalue weighted by molar-refractivity contribution is 7.19. The number of fused-ring (bicyclic) bond motifs is 1. The quantitative estimate of drug-likeness (QED) is 0.701. The van der Waals surface area contributed by atoms with E-state index >= 15 is 0 Å². The molecule has 1 aliphatic heterocycles. The number of rotatable bonds is 3. The number of nitrogens with zero attached hydrogens (tertiary/aromatic N) is 3. The smallest absolute Gasteiger partial charge is 0.185 e. The Morgan fingerprint density at radius 1 is 1.14 bits per heavy atom. The second kappa shape index (κ2) is 6.16. The summed E-state index contributed by atoms with van der Waals surface area (Å²) in [7, 11) is 0. The first kappa shape index (κ1) is 14.5. The molecule has 1 saturated heterocycles. The first-order valence-electron chi connectivity index (χ1n) is 7.34. The van der Waals surface area contributed by atoms with E-state index in [-0.39, 0.29) is 0 Å². The van der Waals surface area contributed by atoms with E-state index in [4.69, 9.17) is 11.6 Å². The third kappa shape index (κ3) is 2.74. The summed E-state index contributed by atoms with van der Waals surface area (Å²) in [5.41, 5.74) is 0. The summed E-state index contributed by atoms with van der Waals surface area (Å²) in [5, 5.41) is 5.30. The van der Waals surface area contributed by atoms with Crippen LogP contribution in [0, 0.1) is 0 Å². The molecule has 0 aliphatic carbocycles. The van der Waals surface area contributed by atoms with Crippen LogP contribution in [0.2, 0.25) is 5.02 Å². The molecular weight excluding hydrogens is 334 g/mol. The number of aromatic nitrogens is 1. The summed E-state index contributed by atoms with van der Waals surface area (Å²) >= 11 is 10.1. The lowest BCUT2D eigenvalue weighted by molar-refractivity contribution is 0.252. The number of halogens is 1. The molecular formula is C16H16ClN3S2. The minimum atomic E-state index is 0.933. The van der Waals surface area contributed by atoms with E-state index < -0.39 is 0 Å². The van der Waals surface area contributed by atoms with Crippen LogP contribution in [0.4, 0.5) is 5.13 Å². The summed E-state index contributed by atoms with van der Waals surface area (Å²) in [6, 6.07) is 8.39. The van der Waals surface area contributed by atoms with Crippen LogP contribution in [0.3, 0.4) is 0 Å². The molecule has 0 amide bonds. The topological polar surface area (TPSA) is 19.4 Å². The van der Waals surface area contributed by atoms with Gasteiger partial charge in [0, 0.05) is 59.3 Å². The highest BCUT2D eigenvalue weighted by Gasteiger charge is 2.20. The van der Waals surface area contributed by atoms with Crippen LogP contribution in [0.15, 0.2) is 35.8 Å². The second-order valence-electron chi connectivity index (χ2n) is 5.41. The lowest BCUT2D eigenvalue weighted by atomic mass is 10.2.